The third-order valence-corrected chi connectivity index (χ3v) is 3.20. The third-order valence-electron chi connectivity index (χ3n) is 3.20. The minimum atomic E-state index is -0.211. The third kappa shape index (κ3) is 2.19. The molecule has 0 N–H and O–H groups in total. The second kappa shape index (κ2) is 4.47. The van der Waals surface area contributed by atoms with E-state index in [1.54, 1.807) is 12.4 Å². The van der Waals surface area contributed by atoms with Crippen molar-refractivity contribution in [1.29, 1.82) is 0 Å². The molecule has 1 heterocycles. The monoisotopic (exact) mass is 234 g/mol. The highest BCUT2D eigenvalue weighted by Gasteiger charge is 2.11. The summed E-state index contributed by atoms with van der Waals surface area (Å²) < 4.78 is 16.1. The van der Waals surface area contributed by atoms with Gasteiger partial charge in [-0.3, -0.25) is 0 Å². The zero-order valence-corrected chi connectivity index (χ0v) is 10.9. The van der Waals surface area contributed by atoms with E-state index in [0.29, 0.717) is 17.3 Å². The summed E-state index contributed by atoms with van der Waals surface area (Å²) in [4.78, 5) is 4.19. The smallest absolute Gasteiger partial charge is 0.150 e. The van der Waals surface area contributed by atoms with Crippen LogP contribution in [0.2, 0.25) is 0 Å². The fraction of sp³-hybridized carbons (Fsp3) is 0.500. The van der Waals surface area contributed by atoms with Gasteiger partial charge in [-0.15, -0.1) is 0 Å². The lowest BCUT2D eigenvalue weighted by Gasteiger charge is -2.08. The topological polar surface area (TPSA) is 17.8 Å². The molecule has 0 bridgehead atoms. The van der Waals surface area contributed by atoms with Crippen LogP contribution in [0.15, 0.2) is 18.0 Å². The molecular weight excluding hydrogens is 215 g/mol. The Hall–Kier alpha value is -1.38. The number of imidazole rings is 1. The Kier molecular flexibility index (Phi) is 3.18. The molecule has 0 unspecified atom stereocenters. The number of allylic oxidation sites excluding steroid dienone is 2. The van der Waals surface area contributed by atoms with Crippen LogP contribution >= 0.6 is 0 Å². The Labute approximate surface area is 101 Å². The fourth-order valence-electron chi connectivity index (χ4n) is 2.08. The molecule has 0 radical (unpaired) electrons. The molecule has 2 nitrogen and oxygen atoms in total. The molecule has 0 aliphatic heterocycles. The largest absolute Gasteiger partial charge is 0.328 e. The van der Waals surface area contributed by atoms with Crippen LogP contribution in [0.1, 0.15) is 40.2 Å². The maximum atomic E-state index is 14.1. The Morgan fingerprint density at radius 1 is 1.29 bits per heavy atom. The number of hydrogen-bond donors (Lipinski definition) is 0. The standard InChI is InChI=1S/C14H19FN2/c1-9(2)11-5-6-13-14(12(15)7-11)16-8-17(13)10(3)4/h6-10H,5H2,1-4H3. The van der Waals surface area contributed by atoms with E-state index in [9.17, 15) is 4.39 Å². The Bertz CT molecular complexity index is 562. The van der Waals surface area contributed by atoms with E-state index in [-0.39, 0.29) is 5.83 Å². The number of fused-ring (bicyclic) bond motifs is 1. The van der Waals surface area contributed by atoms with E-state index < -0.39 is 0 Å². The van der Waals surface area contributed by atoms with Gasteiger partial charge in [-0.1, -0.05) is 25.5 Å². The number of halogens is 1. The van der Waals surface area contributed by atoms with Crippen LogP contribution in [-0.4, -0.2) is 9.55 Å². The van der Waals surface area contributed by atoms with Gasteiger partial charge in [-0.2, -0.15) is 0 Å². The summed E-state index contributed by atoms with van der Waals surface area (Å²) in [6.45, 7) is 8.34. The molecule has 1 aliphatic rings. The highest BCUT2D eigenvalue weighted by Crippen LogP contribution is 2.18. The molecule has 0 saturated heterocycles. The summed E-state index contributed by atoms with van der Waals surface area (Å²) in [5, 5.41) is 1.39. The van der Waals surface area contributed by atoms with Crippen molar-refractivity contribution in [1.82, 2.24) is 9.55 Å². The van der Waals surface area contributed by atoms with Crippen LogP contribution in [0, 0.1) is 5.92 Å². The molecule has 0 saturated carbocycles. The summed E-state index contributed by atoms with van der Waals surface area (Å²) in [7, 11) is 0. The van der Waals surface area contributed by atoms with Gasteiger partial charge in [-0.25, -0.2) is 9.37 Å². The molecule has 0 aromatic carbocycles. The minimum absolute atomic E-state index is 0.211. The van der Waals surface area contributed by atoms with Crippen molar-refractivity contribution >= 4 is 11.9 Å². The number of hydrogen-bond acceptors (Lipinski definition) is 1. The summed E-state index contributed by atoms with van der Waals surface area (Å²) in [6.07, 6.45) is 6.25. The molecule has 17 heavy (non-hydrogen) atoms. The van der Waals surface area contributed by atoms with Crippen LogP contribution in [0.3, 0.4) is 0 Å². The SMILES string of the molecule is CC(C)C1=CC(F)=c2ncn(C(C)C)c2=CC1. The van der Waals surface area contributed by atoms with Gasteiger partial charge in [0, 0.05) is 6.04 Å². The van der Waals surface area contributed by atoms with Crippen molar-refractivity contribution in [3.63, 3.8) is 0 Å². The lowest BCUT2D eigenvalue weighted by atomic mass is 10.00. The second-order valence-corrected chi connectivity index (χ2v) is 5.11. The van der Waals surface area contributed by atoms with Gasteiger partial charge in [0.05, 0.1) is 11.7 Å². The van der Waals surface area contributed by atoms with E-state index in [4.69, 9.17) is 0 Å². The molecule has 0 fully saturated rings. The van der Waals surface area contributed by atoms with Crippen molar-refractivity contribution in [3.05, 3.63) is 28.7 Å². The van der Waals surface area contributed by atoms with Gasteiger partial charge in [0.2, 0.25) is 0 Å². The van der Waals surface area contributed by atoms with Crippen LogP contribution in [0.5, 0.6) is 0 Å². The first-order valence-corrected chi connectivity index (χ1v) is 6.14. The van der Waals surface area contributed by atoms with Gasteiger partial charge in [0.1, 0.15) is 5.35 Å². The molecular formula is C14H19FN2. The van der Waals surface area contributed by atoms with E-state index in [0.717, 1.165) is 17.3 Å². The molecule has 0 amide bonds. The molecule has 3 heteroatoms. The van der Waals surface area contributed by atoms with Gasteiger partial charge < -0.3 is 4.57 Å². The van der Waals surface area contributed by atoms with Crippen molar-refractivity contribution < 1.29 is 4.39 Å². The maximum Gasteiger partial charge on any atom is 0.150 e. The van der Waals surface area contributed by atoms with Crippen LogP contribution in [0.4, 0.5) is 4.39 Å². The predicted molar refractivity (Wildman–Crippen MR) is 68.4 cm³/mol. The van der Waals surface area contributed by atoms with Crippen molar-refractivity contribution in [2.45, 2.75) is 40.2 Å². The first-order chi connectivity index (χ1) is 8.00. The quantitative estimate of drug-likeness (QED) is 0.768. The number of rotatable bonds is 2. The van der Waals surface area contributed by atoms with Gasteiger partial charge in [0.15, 0.2) is 5.83 Å². The lowest BCUT2D eigenvalue weighted by Crippen LogP contribution is -2.31. The summed E-state index contributed by atoms with van der Waals surface area (Å²) >= 11 is 0. The molecule has 0 spiro atoms. The maximum absolute atomic E-state index is 14.1. The highest BCUT2D eigenvalue weighted by molar-refractivity contribution is 5.53. The van der Waals surface area contributed by atoms with E-state index in [1.165, 1.54) is 0 Å². The molecule has 2 rings (SSSR count). The fourth-order valence-corrected chi connectivity index (χ4v) is 2.08. The number of nitrogens with zero attached hydrogens (tertiary/aromatic N) is 2. The minimum Gasteiger partial charge on any atom is -0.328 e. The van der Waals surface area contributed by atoms with E-state index in [2.05, 4.69) is 38.8 Å². The lowest BCUT2D eigenvalue weighted by molar-refractivity contribution is 0.584. The zero-order valence-electron chi connectivity index (χ0n) is 10.9. The zero-order chi connectivity index (χ0) is 12.6. The average molecular weight is 234 g/mol. The highest BCUT2D eigenvalue weighted by atomic mass is 19.1. The summed E-state index contributed by atoms with van der Waals surface area (Å²) in [5.41, 5.74) is 1.12. The Morgan fingerprint density at radius 3 is 2.59 bits per heavy atom. The van der Waals surface area contributed by atoms with Crippen molar-refractivity contribution in [2.75, 3.05) is 0 Å². The molecule has 0 atom stereocenters. The van der Waals surface area contributed by atoms with Gasteiger partial charge >= 0.3 is 0 Å². The predicted octanol–water partition coefficient (Wildman–Crippen LogP) is 2.31. The summed E-state index contributed by atoms with van der Waals surface area (Å²) in [5.74, 6) is 0.158. The van der Waals surface area contributed by atoms with Gasteiger partial charge in [0.25, 0.3) is 0 Å². The van der Waals surface area contributed by atoms with Crippen LogP contribution in [-0.2, 0) is 0 Å². The normalized spacial score (nSPS) is 15.7. The molecule has 92 valence electrons. The molecule has 1 aromatic rings. The summed E-state index contributed by atoms with van der Waals surface area (Å²) in [6, 6.07) is 0.302. The average Bonchev–Trinajstić information content (AvgIpc) is 2.60. The van der Waals surface area contributed by atoms with Crippen LogP contribution < -0.4 is 10.7 Å². The first-order valence-electron chi connectivity index (χ1n) is 6.14. The van der Waals surface area contributed by atoms with Crippen molar-refractivity contribution in [3.8, 4) is 0 Å². The van der Waals surface area contributed by atoms with E-state index >= 15 is 0 Å². The second-order valence-electron chi connectivity index (χ2n) is 5.11. The van der Waals surface area contributed by atoms with E-state index in [1.807, 2.05) is 4.57 Å². The molecule has 1 aromatic heterocycles. The van der Waals surface area contributed by atoms with Crippen LogP contribution in [0.25, 0.3) is 11.9 Å². The number of aromatic nitrogens is 2. The van der Waals surface area contributed by atoms with Crippen molar-refractivity contribution in [2.24, 2.45) is 5.92 Å². The Morgan fingerprint density at radius 2 is 2.00 bits per heavy atom. The van der Waals surface area contributed by atoms with Gasteiger partial charge in [-0.05, 0) is 32.3 Å². The Balaban J connectivity index is 2.63. The first kappa shape index (κ1) is 12.1. The molecule has 1 aliphatic carbocycles.